The van der Waals surface area contributed by atoms with Gasteiger partial charge in [0.2, 0.25) is 0 Å². The van der Waals surface area contributed by atoms with Crippen molar-refractivity contribution in [1.29, 1.82) is 0 Å². The molecule has 0 unspecified atom stereocenters. The first-order valence-electron chi connectivity index (χ1n) is 7.89. The van der Waals surface area contributed by atoms with E-state index in [-0.39, 0.29) is 5.56 Å². The summed E-state index contributed by atoms with van der Waals surface area (Å²) in [6, 6.07) is 19.0. The van der Waals surface area contributed by atoms with Gasteiger partial charge in [-0.15, -0.1) is 0 Å². The summed E-state index contributed by atoms with van der Waals surface area (Å²) in [5.74, 6) is -0.0862. The molecule has 3 aromatic carbocycles. The molecule has 2 N–H and O–H groups in total. The van der Waals surface area contributed by atoms with Crippen molar-refractivity contribution in [3.63, 3.8) is 0 Å². The Hall–Kier alpha value is -3.01. The predicted octanol–water partition coefficient (Wildman–Crippen LogP) is 4.55. The molecule has 0 fully saturated rings. The molecule has 0 heterocycles. The number of fused-ring (bicyclic) bond motifs is 1. The summed E-state index contributed by atoms with van der Waals surface area (Å²) in [6.45, 7) is 3.11. The Balaban J connectivity index is 1.92. The Morgan fingerprint density at radius 2 is 1.92 bits per heavy atom. The average molecular weight is 321 g/mol. The zero-order chi connectivity index (χ0) is 16.9. The van der Waals surface area contributed by atoms with Crippen LogP contribution in [-0.4, -0.2) is 17.7 Å². The van der Waals surface area contributed by atoms with E-state index in [1.807, 2.05) is 31.2 Å². The average Bonchev–Trinajstić information content (AvgIpc) is 2.61. The summed E-state index contributed by atoms with van der Waals surface area (Å²) in [7, 11) is 0. The van der Waals surface area contributed by atoms with Crippen LogP contribution in [0.4, 0.5) is 5.69 Å². The summed E-state index contributed by atoms with van der Waals surface area (Å²) < 4.78 is 5.76. The third-order valence-corrected chi connectivity index (χ3v) is 3.88. The van der Waals surface area contributed by atoms with Gasteiger partial charge in [-0.3, -0.25) is 0 Å². The molecule has 4 heteroatoms. The van der Waals surface area contributed by atoms with Crippen molar-refractivity contribution >= 4 is 22.4 Å². The maximum absolute atomic E-state index is 11.1. The minimum Gasteiger partial charge on any atom is -0.494 e. The molecular formula is C20H19NO3. The van der Waals surface area contributed by atoms with E-state index < -0.39 is 5.97 Å². The highest BCUT2D eigenvalue weighted by Crippen LogP contribution is 2.29. The first-order chi connectivity index (χ1) is 11.7. The smallest absolute Gasteiger partial charge is 0.335 e. The Labute approximate surface area is 140 Å². The SMILES string of the molecule is CCOc1ccc2ccccc2c1CNc1cccc(C(=O)O)c1. The standard InChI is InChI=1S/C20H19NO3/c1-2-24-19-11-10-14-6-3-4-9-17(14)18(19)13-21-16-8-5-7-15(12-16)20(22)23/h3-12,21H,2,13H2,1H3,(H,22,23). The van der Waals surface area contributed by atoms with Crippen LogP contribution in [0.2, 0.25) is 0 Å². The van der Waals surface area contributed by atoms with Crippen molar-refractivity contribution in [1.82, 2.24) is 0 Å². The minimum atomic E-state index is -0.932. The van der Waals surface area contributed by atoms with Crippen molar-refractivity contribution in [2.24, 2.45) is 0 Å². The van der Waals surface area contributed by atoms with E-state index in [2.05, 4.69) is 23.5 Å². The normalized spacial score (nSPS) is 10.5. The summed E-state index contributed by atoms with van der Waals surface area (Å²) in [5.41, 5.74) is 2.10. The first-order valence-corrected chi connectivity index (χ1v) is 7.89. The Morgan fingerprint density at radius 1 is 1.08 bits per heavy atom. The molecule has 3 rings (SSSR count). The Bertz CT molecular complexity index is 874. The van der Waals surface area contributed by atoms with Crippen LogP contribution >= 0.6 is 0 Å². The van der Waals surface area contributed by atoms with Crippen molar-refractivity contribution in [2.75, 3.05) is 11.9 Å². The number of nitrogens with one attached hydrogen (secondary N) is 1. The van der Waals surface area contributed by atoms with Crippen molar-refractivity contribution in [3.8, 4) is 5.75 Å². The summed E-state index contributed by atoms with van der Waals surface area (Å²) in [4.78, 5) is 11.1. The van der Waals surface area contributed by atoms with Crippen LogP contribution in [0.15, 0.2) is 60.7 Å². The molecule has 0 amide bonds. The Morgan fingerprint density at radius 3 is 2.71 bits per heavy atom. The molecular weight excluding hydrogens is 302 g/mol. The Kier molecular flexibility index (Phi) is 4.66. The second-order valence-electron chi connectivity index (χ2n) is 5.44. The molecule has 0 radical (unpaired) electrons. The zero-order valence-corrected chi connectivity index (χ0v) is 13.5. The topological polar surface area (TPSA) is 58.6 Å². The molecule has 0 bridgehead atoms. The van der Waals surface area contributed by atoms with Crippen LogP contribution < -0.4 is 10.1 Å². The van der Waals surface area contributed by atoms with E-state index in [4.69, 9.17) is 9.84 Å². The molecule has 0 saturated heterocycles. The van der Waals surface area contributed by atoms with Gasteiger partial charge in [0, 0.05) is 17.8 Å². The lowest BCUT2D eigenvalue weighted by atomic mass is 10.0. The highest BCUT2D eigenvalue weighted by molar-refractivity contribution is 5.89. The van der Waals surface area contributed by atoms with Gasteiger partial charge in [-0.05, 0) is 42.0 Å². The monoisotopic (exact) mass is 321 g/mol. The number of carboxylic acids is 1. The van der Waals surface area contributed by atoms with Gasteiger partial charge in [-0.1, -0.05) is 36.4 Å². The van der Waals surface area contributed by atoms with Crippen LogP contribution in [0.25, 0.3) is 10.8 Å². The van der Waals surface area contributed by atoms with Gasteiger partial charge >= 0.3 is 5.97 Å². The lowest BCUT2D eigenvalue weighted by Crippen LogP contribution is -2.05. The van der Waals surface area contributed by atoms with Crippen molar-refractivity contribution in [2.45, 2.75) is 13.5 Å². The molecule has 24 heavy (non-hydrogen) atoms. The van der Waals surface area contributed by atoms with Gasteiger partial charge in [0.1, 0.15) is 5.75 Å². The third kappa shape index (κ3) is 3.33. The van der Waals surface area contributed by atoms with E-state index in [0.717, 1.165) is 27.8 Å². The summed E-state index contributed by atoms with van der Waals surface area (Å²) >= 11 is 0. The number of ether oxygens (including phenoxy) is 1. The van der Waals surface area contributed by atoms with Crippen molar-refractivity contribution < 1.29 is 14.6 Å². The molecule has 0 atom stereocenters. The molecule has 0 aromatic heterocycles. The van der Waals surface area contributed by atoms with Crippen LogP contribution in [-0.2, 0) is 6.54 Å². The number of anilines is 1. The highest BCUT2D eigenvalue weighted by atomic mass is 16.5. The van der Waals surface area contributed by atoms with Crippen LogP contribution in [0.5, 0.6) is 5.75 Å². The fourth-order valence-corrected chi connectivity index (χ4v) is 2.74. The molecule has 0 saturated carbocycles. The van der Waals surface area contributed by atoms with Crippen molar-refractivity contribution in [3.05, 3.63) is 71.8 Å². The molecule has 0 spiro atoms. The molecule has 3 aromatic rings. The van der Waals surface area contributed by atoms with Gasteiger partial charge in [0.05, 0.1) is 12.2 Å². The molecule has 0 aliphatic rings. The quantitative estimate of drug-likeness (QED) is 0.699. The number of aromatic carboxylic acids is 1. The van der Waals surface area contributed by atoms with Gasteiger partial charge in [0.15, 0.2) is 0 Å². The second kappa shape index (κ2) is 7.04. The summed E-state index contributed by atoms with van der Waals surface area (Å²) in [6.07, 6.45) is 0. The number of carbonyl (C=O) groups is 1. The first kappa shape index (κ1) is 15.9. The molecule has 0 aliphatic heterocycles. The minimum absolute atomic E-state index is 0.267. The number of benzene rings is 3. The van der Waals surface area contributed by atoms with E-state index in [0.29, 0.717) is 13.2 Å². The largest absolute Gasteiger partial charge is 0.494 e. The van der Waals surface area contributed by atoms with Gasteiger partial charge in [-0.25, -0.2) is 4.79 Å². The molecule has 4 nitrogen and oxygen atoms in total. The van der Waals surface area contributed by atoms with Crippen LogP contribution in [0.1, 0.15) is 22.8 Å². The van der Waals surface area contributed by atoms with Gasteiger partial charge < -0.3 is 15.2 Å². The predicted molar refractivity (Wildman–Crippen MR) is 95.8 cm³/mol. The summed E-state index contributed by atoms with van der Waals surface area (Å²) in [5, 5.41) is 14.7. The maximum Gasteiger partial charge on any atom is 0.335 e. The fraction of sp³-hybridized carbons (Fsp3) is 0.150. The number of hydrogen-bond donors (Lipinski definition) is 2. The second-order valence-corrected chi connectivity index (χ2v) is 5.44. The van der Waals surface area contributed by atoms with E-state index in [9.17, 15) is 4.79 Å². The number of rotatable bonds is 6. The third-order valence-electron chi connectivity index (χ3n) is 3.88. The molecule has 0 aliphatic carbocycles. The number of carboxylic acid groups (broad SMARTS) is 1. The van der Waals surface area contributed by atoms with Crippen LogP contribution in [0, 0.1) is 0 Å². The maximum atomic E-state index is 11.1. The van der Waals surface area contributed by atoms with E-state index >= 15 is 0 Å². The lowest BCUT2D eigenvalue weighted by Gasteiger charge is -2.15. The van der Waals surface area contributed by atoms with Gasteiger partial charge in [0.25, 0.3) is 0 Å². The lowest BCUT2D eigenvalue weighted by molar-refractivity contribution is 0.0697. The van der Waals surface area contributed by atoms with E-state index in [1.54, 1.807) is 18.2 Å². The fourth-order valence-electron chi connectivity index (χ4n) is 2.74. The number of hydrogen-bond acceptors (Lipinski definition) is 3. The van der Waals surface area contributed by atoms with Crippen LogP contribution in [0.3, 0.4) is 0 Å². The van der Waals surface area contributed by atoms with E-state index in [1.165, 1.54) is 0 Å². The highest BCUT2D eigenvalue weighted by Gasteiger charge is 2.09. The molecule has 122 valence electrons. The van der Waals surface area contributed by atoms with Gasteiger partial charge in [-0.2, -0.15) is 0 Å². The zero-order valence-electron chi connectivity index (χ0n) is 13.5.